The summed E-state index contributed by atoms with van der Waals surface area (Å²) in [7, 11) is 1.89. The van der Waals surface area contributed by atoms with E-state index in [-0.39, 0.29) is 5.41 Å². The minimum absolute atomic E-state index is 0.0768. The van der Waals surface area contributed by atoms with Gasteiger partial charge in [-0.1, -0.05) is 38.6 Å². The first kappa shape index (κ1) is 18.0. The first-order valence-electron chi connectivity index (χ1n) is 9.35. The number of aromatic nitrogens is 2. The lowest BCUT2D eigenvalue weighted by Gasteiger charge is -2.22. The molecule has 5 nitrogen and oxygen atoms in total. The summed E-state index contributed by atoms with van der Waals surface area (Å²) in [6.45, 7) is 9.09. The van der Waals surface area contributed by atoms with E-state index in [1.165, 1.54) is 0 Å². The SMILES string of the molecule is C=Cc1nc(NC)c2c(n1)N(c1ccc(Oc3ccccc3)cc1)CC2(C)C. The molecule has 5 heteroatoms. The Morgan fingerprint density at radius 3 is 2.36 bits per heavy atom. The van der Waals surface area contributed by atoms with Crippen LogP contribution in [0, 0.1) is 0 Å². The van der Waals surface area contributed by atoms with E-state index < -0.39 is 0 Å². The molecule has 0 unspecified atom stereocenters. The van der Waals surface area contributed by atoms with Crippen LogP contribution in [-0.4, -0.2) is 23.6 Å². The van der Waals surface area contributed by atoms with Gasteiger partial charge >= 0.3 is 0 Å². The number of nitrogens with zero attached hydrogens (tertiary/aromatic N) is 3. The summed E-state index contributed by atoms with van der Waals surface area (Å²) in [6, 6.07) is 17.9. The van der Waals surface area contributed by atoms with Crippen LogP contribution in [0.15, 0.2) is 61.2 Å². The molecule has 1 aromatic heterocycles. The molecule has 0 saturated heterocycles. The van der Waals surface area contributed by atoms with E-state index in [0.29, 0.717) is 5.82 Å². The Labute approximate surface area is 165 Å². The molecule has 0 aliphatic carbocycles. The van der Waals surface area contributed by atoms with Gasteiger partial charge in [0.1, 0.15) is 23.1 Å². The van der Waals surface area contributed by atoms with Gasteiger partial charge in [-0.15, -0.1) is 0 Å². The van der Waals surface area contributed by atoms with Crippen molar-refractivity contribution in [1.29, 1.82) is 0 Å². The average molecular weight is 372 g/mol. The maximum atomic E-state index is 5.91. The number of nitrogens with one attached hydrogen (secondary N) is 1. The van der Waals surface area contributed by atoms with Crippen molar-refractivity contribution in [3.8, 4) is 11.5 Å². The van der Waals surface area contributed by atoms with Crippen molar-refractivity contribution in [2.24, 2.45) is 0 Å². The molecular weight excluding hydrogens is 348 g/mol. The quantitative estimate of drug-likeness (QED) is 0.651. The van der Waals surface area contributed by atoms with E-state index in [1.807, 2.05) is 49.5 Å². The normalized spacial score (nSPS) is 14.5. The highest BCUT2D eigenvalue weighted by atomic mass is 16.5. The largest absolute Gasteiger partial charge is 0.457 e. The first-order chi connectivity index (χ1) is 13.5. The topological polar surface area (TPSA) is 50.3 Å². The van der Waals surface area contributed by atoms with Gasteiger partial charge in [0.2, 0.25) is 0 Å². The Morgan fingerprint density at radius 2 is 1.71 bits per heavy atom. The molecule has 1 aliphatic rings. The lowest BCUT2D eigenvalue weighted by molar-refractivity contribution is 0.482. The van der Waals surface area contributed by atoms with Crippen LogP contribution in [0.5, 0.6) is 11.5 Å². The number of anilines is 3. The fourth-order valence-corrected chi connectivity index (χ4v) is 3.64. The minimum atomic E-state index is -0.0768. The monoisotopic (exact) mass is 372 g/mol. The Bertz CT molecular complexity index is 997. The molecule has 2 heterocycles. The lowest BCUT2D eigenvalue weighted by Crippen LogP contribution is -2.25. The molecule has 28 heavy (non-hydrogen) atoms. The van der Waals surface area contributed by atoms with Crippen molar-refractivity contribution in [2.75, 3.05) is 23.8 Å². The van der Waals surface area contributed by atoms with Crippen LogP contribution >= 0.6 is 0 Å². The number of para-hydroxylation sites is 1. The van der Waals surface area contributed by atoms with Gasteiger partial charge in [0.25, 0.3) is 0 Å². The number of rotatable bonds is 5. The number of hydrogen-bond donors (Lipinski definition) is 1. The fraction of sp³-hybridized carbons (Fsp3) is 0.217. The van der Waals surface area contributed by atoms with Crippen molar-refractivity contribution in [2.45, 2.75) is 19.3 Å². The average Bonchev–Trinajstić information content (AvgIpc) is 2.99. The summed E-state index contributed by atoms with van der Waals surface area (Å²) in [6.07, 6.45) is 1.68. The summed E-state index contributed by atoms with van der Waals surface area (Å²) < 4.78 is 5.91. The van der Waals surface area contributed by atoms with Crippen molar-refractivity contribution in [1.82, 2.24) is 9.97 Å². The van der Waals surface area contributed by atoms with Crippen LogP contribution in [0.1, 0.15) is 25.2 Å². The molecule has 0 spiro atoms. The highest BCUT2D eigenvalue weighted by molar-refractivity contribution is 5.75. The number of hydrogen-bond acceptors (Lipinski definition) is 5. The Kier molecular flexibility index (Phi) is 4.51. The standard InChI is InChI=1S/C23H24N4O/c1-5-19-25-21(24-4)20-22(26-19)27(15-23(20,2)3)16-11-13-18(14-12-16)28-17-9-7-6-8-10-17/h5-14H,1,15H2,2-4H3,(H,24,25,26). The maximum Gasteiger partial charge on any atom is 0.156 e. The predicted octanol–water partition coefficient (Wildman–Crippen LogP) is 5.38. The summed E-state index contributed by atoms with van der Waals surface area (Å²) in [4.78, 5) is 11.6. The molecule has 4 rings (SSSR count). The zero-order chi connectivity index (χ0) is 19.7. The van der Waals surface area contributed by atoms with Crippen LogP contribution in [0.4, 0.5) is 17.3 Å². The van der Waals surface area contributed by atoms with E-state index in [9.17, 15) is 0 Å². The molecule has 0 amide bonds. The van der Waals surface area contributed by atoms with Gasteiger partial charge in [-0.2, -0.15) is 0 Å². The number of fused-ring (bicyclic) bond motifs is 1. The second-order valence-corrected chi connectivity index (χ2v) is 7.46. The van der Waals surface area contributed by atoms with E-state index >= 15 is 0 Å². The summed E-state index contributed by atoms with van der Waals surface area (Å²) in [5.41, 5.74) is 2.13. The van der Waals surface area contributed by atoms with Gasteiger partial charge < -0.3 is 15.0 Å². The number of benzene rings is 2. The molecule has 0 saturated carbocycles. The molecule has 0 radical (unpaired) electrons. The van der Waals surface area contributed by atoms with Gasteiger partial charge in [0.05, 0.1) is 0 Å². The molecule has 0 bridgehead atoms. The highest BCUT2D eigenvalue weighted by Gasteiger charge is 2.40. The molecule has 0 atom stereocenters. The third-order valence-corrected chi connectivity index (χ3v) is 4.94. The highest BCUT2D eigenvalue weighted by Crippen LogP contribution is 2.46. The van der Waals surface area contributed by atoms with Gasteiger partial charge in [-0.3, -0.25) is 0 Å². The Morgan fingerprint density at radius 1 is 1.04 bits per heavy atom. The van der Waals surface area contributed by atoms with Crippen molar-refractivity contribution in [3.63, 3.8) is 0 Å². The second-order valence-electron chi connectivity index (χ2n) is 7.46. The maximum absolute atomic E-state index is 5.91. The summed E-state index contributed by atoms with van der Waals surface area (Å²) in [5, 5.41) is 3.22. The van der Waals surface area contributed by atoms with Gasteiger partial charge in [0, 0.05) is 30.3 Å². The molecule has 2 aromatic carbocycles. The molecule has 1 aliphatic heterocycles. The first-order valence-corrected chi connectivity index (χ1v) is 9.35. The van der Waals surface area contributed by atoms with Crippen LogP contribution in [0.2, 0.25) is 0 Å². The second kappa shape index (κ2) is 7.00. The third-order valence-electron chi connectivity index (χ3n) is 4.94. The fourth-order valence-electron chi connectivity index (χ4n) is 3.64. The van der Waals surface area contributed by atoms with Crippen molar-refractivity contribution in [3.05, 3.63) is 72.6 Å². The van der Waals surface area contributed by atoms with E-state index in [4.69, 9.17) is 9.72 Å². The Hall–Kier alpha value is -3.34. The Balaban J connectivity index is 1.68. The molecular formula is C23H24N4O. The zero-order valence-corrected chi connectivity index (χ0v) is 16.4. The van der Waals surface area contributed by atoms with Crippen molar-refractivity contribution >= 4 is 23.4 Å². The molecule has 3 aromatic rings. The van der Waals surface area contributed by atoms with Gasteiger partial charge in [-0.05, 0) is 42.5 Å². The summed E-state index contributed by atoms with van der Waals surface area (Å²) in [5.74, 6) is 4.03. The predicted molar refractivity (Wildman–Crippen MR) is 115 cm³/mol. The van der Waals surface area contributed by atoms with E-state index in [0.717, 1.165) is 40.9 Å². The van der Waals surface area contributed by atoms with Gasteiger partial charge in [0.15, 0.2) is 5.82 Å². The third kappa shape index (κ3) is 3.20. The summed E-state index contributed by atoms with van der Waals surface area (Å²) >= 11 is 0. The number of ether oxygens (including phenoxy) is 1. The van der Waals surface area contributed by atoms with Gasteiger partial charge in [-0.25, -0.2) is 9.97 Å². The smallest absolute Gasteiger partial charge is 0.156 e. The van der Waals surface area contributed by atoms with Crippen LogP contribution < -0.4 is 15.0 Å². The molecule has 142 valence electrons. The lowest BCUT2D eigenvalue weighted by atomic mass is 9.88. The zero-order valence-electron chi connectivity index (χ0n) is 16.4. The minimum Gasteiger partial charge on any atom is -0.457 e. The van der Waals surface area contributed by atoms with Crippen LogP contribution in [0.25, 0.3) is 6.08 Å². The van der Waals surface area contributed by atoms with E-state index in [1.54, 1.807) is 6.08 Å². The van der Waals surface area contributed by atoms with E-state index in [2.05, 4.69) is 47.8 Å². The molecule has 1 N–H and O–H groups in total. The molecule has 0 fully saturated rings. The van der Waals surface area contributed by atoms with Crippen LogP contribution in [-0.2, 0) is 5.41 Å². The van der Waals surface area contributed by atoms with Crippen LogP contribution in [0.3, 0.4) is 0 Å². The van der Waals surface area contributed by atoms with Crippen molar-refractivity contribution < 1.29 is 4.74 Å².